The monoisotopic (exact) mass is 363 g/mol. The zero-order valence-electron chi connectivity index (χ0n) is 15.4. The molecule has 4 heterocycles. The first-order chi connectivity index (χ1) is 13.1. The van der Waals surface area contributed by atoms with Gasteiger partial charge in [-0.3, -0.25) is 4.57 Å². The molecule has 0 atom stereocenters. The zero-order valence-corrected chi connectivity index (χ0v) is 15.4. The molecule has 1 aromatic carbocycles. The molecule has 5 rings (SSSR count). The molecular formula is C19H21N7O. The number of benzene rings is 1. The van der Waals surface area contributed by atoms with E-state index in [2.05, 4.69) is 24.8 Å². The molecule has 4 aromatic rings. The third kappa shape index (κ3) is 2.43. The Balaban J connectivity index is 1.45. The number of fused-ring (bicyclic) bond motifs is 2. The van der Waals surface area contributed by atoms with Crippen molar-refractivity contribution < 1.29 is 0 Å². The number of hydrogen-bond donors (Lipinski definition) is 1. The van der Waals surface area contributed by atoms with Crippen molar-refractivity contribution >= 4 is 28.0 Å². The van der Waals surface area contributed by atoms with Crippen LogP contribution < -0.4 is 10.6 Å². The number of aryl methyl sites for hydroxylation is 2. The predicted molar refractivity (Wildman–Crippen MR) is 104 cm³/mol. The predicted octanol–water partition coefficient (Wildman–Crippen LogP) is 2.16. The van der Waals surface area contributed by atoms with E-state index >= 15 is 0 Å². The number of nitrogens with zero attached hydrogens (tertiary/aromatic N) is 6. The van der Waals surface area contributed by atoms with Crippen LogP contribution in [0.4, 0.5) is 5.82 Å². The minimum absolute atomic E-state index is 0.0283. The number of piperidine rings is 1. The van der Waals surface area contributed by atoms with Crippen molar-refractivity contribution in [3.05, 3.63) is 46.9 Å². The maximum absolute atomic E-state index is 12.5. The second-order valence-corrected chi connectivity index (χ2v) is 7.12. The lowest BCUT2D eigenvalue weighted by Crippen LogP contribution is -2.37. The summed E-state index contributed by atoms with van der Waals surface area (Å²) in [5.41, 5.74) is 3.55. The van der Waals surface area contributed by atoms with Crippen molar-refractivity contribution in [1.82, 2.24) is 29.1 Å². The smallest absolute Gasteiger partial charge is 0.326 e. The van der Waals surface area contributed by atoms with E-state index in [1.807, 2.05) is 47.4 Å². The quantitative estimate of drug-likeness (QED) is 0.590. The molecule has 8 heteroatoms. The van der Waals surface area contributed by atoms with Crippen molar-refractivity contribution in [2.45, 2.75) is 25.8 Å². The summed E-state index contributed by atoms with van der Waals surface area (Å²) >= 11 is 0. The second-order valence-electron chi connectivity index (χ2n) is 7.12. The van der Waals surface area contributed by atoms with Crippen molar-refractivity contribution in [3.8, 4) is 0 Å². The van der Waals surface area contributed by atoms with Crippen LogP contribution in [0, 0.1) is 6.92 Å². The minimum atomic E-state index is -0.0283. The number of H-pyrrole nitrogens is 1. The van der Waals surface area contributed by atoms with Crippen LogP contribution in [0.1, 0.15) is 24.7 Å². The lowest BCUT2D eigenvalue weighted by atomic mass is 10.0. The Morgan fingerprint density at radius 3 is 2.74 bits per heavy atom. The summed E-state index contributed by atoms with van der Waals surface area (Å²) in [7, 11) is 1.97. The third-order valence-corrected chi connectivity index (χ3v) is 5.61. The van der Waals surface area contributed by atoms with Crippen LogP contribution in [0.25, 0.3) is 22.2 Å². The highest BCUT2D eigenvalue weighted by Gasteiger charge is 2.26. The van der Waals surface area contributed by atoms with Crippen LogP contribution in [0.5, 0.6) is 0 Å². The molecule has 27 heavy (non-hydrogen) atoms. The molecule has 0 saturated carbocycles. The highest BCUT2D eigenvalue weighted by atomic mass is 16.1. The molecule has 0 unspecified atom stereocenters. The molecule has 0 spiro atoms. The number of aromatic nitrogens is 6. The van der Waals surface area contributed by atoms with Gasteiger partial charge in [0.1, 0.15) is 12.2 Å². The van der Waals surface area contributed by atoms with Gasteiger partial charge in [-0.2, -0.15) is 0 Å². The van der Waals surface area contributed by atoms with Crippen molar-refractivity contribution in [2.24, 2.45) is 7.05 Å². The Bertz CT molecular complexity index is 1190. The fourth-order valence-electron chi connectivity index (χ4n) is 4.10. The highest BCUT2D eigenvalue weighted by molar-refractivity contribution is 5.84. The summed E-state index contributed by atoms with van der Waals surface area (Å²) in [6, 6.07) is 8.06. The summed E-state index contributed by atoms with van der Waals surface area (Å²) in [4.78, 5) is 31.2. The number of anilines is 1. The minimum Gasteiger partial charge on any atom is -0.355 e. The fraction of sp³-hybridized carbons (Fsp3) is 0.368. The van der Waals surface area contributed by atoms with E-state index in [-0.39, 0.29) is 11.7 Å². The molecule has 0 radical (unpaired) electrons. The number of rotatable bonds is 2. The van der Waals surface area contributed by atoms with E-state index in [0.29, 0.717) is 0 Å². The second kappa shape index (κ2) is 5.94. The van der Waals surface area contributed by atoms with E-state index in [1.54, 1.807) is 6.33 Å². The maximum Gasteiger partial charge on any atom is 0.326 e. The molecule has 1 aliphatic rings. The summed E-state index contributed by atoms with van der Waals surface area (Å²) < 4.78 is 3.89. The summed E-state index contributed by atoms with van der Waals surface area (Å²) in [5.74, 6) is 1.81. The van der Waals surface area contributed by atoms with Crippen LogP contribution >= 0.6 is 0 Å². The van der Waals surface area contributed by atoms with Gasteiger partial charge in [0.15, 0.2) is 17.0 Å². The average molecular weight is 363 g/mol. The Morgan fingerprint density at radius 1 is 1.15 bits per heavy atom. The van der Waals surface area contributed by atoms with Crippen LogP contribution in [-0.2, 0) is 7.05 Å². The van der Waals surface area contributed by atoms with Gasteiger partial charge in [0.05, 0.1) is 11.0 Å². The normalized spacial score (nSPS) is 15.9. The van der Waals surface area contributed by atoms with Crippen molar-refractivity contribution in [2.75, 3.05) is 18.0 Å². The van der Waals surface area contributed by atoms with Gasteiger partial charge in [-0.05, 0) is 31.9 Å². The number of aromatic amines is 1. The van der Waals surface area contributed by atoms with Crippen LogP contribution in [0.3, 0.4) is 0 Å². The van der Waals surface area contributed by atoms with Gasteiger partial charge in [0, 0.05) is 26.2 Å². The topological polar surface area (TPSA) is 84.6 Å². The van der Waals surface area contributed by atoms with Gasteiger partial charge >= 0.3 is 5.69 Å². The van der Waals surface area contributed by atoms with Crippen LogP contribution in [-0.4, -0.2) is 42.2 Å². The van der Waals surface area contributed by atoms with E-state index < -0.39 is 0 Å². The molecule has 0 bridgehead atoms. The standard InChI is InChI=1S/C19H21N7O/c1-12-22-16-17(24(12)2)20-11-21-18(16)25-9-7-13(8-10-25)26-15-6-4-3-5-14(15)23-19(26)27/h3-6,11,13H,7-10H2,1-2H3,(H,23,27). The molecule has 1 N–H and O–H groups in total. The van der Waals surface area contributed by atoms with Crippen LogP contribution in [0.15, 0.2) is 35.4 Å². The summed E-state index contributed by atoms with van der Waals surface area (Å²) in [5, 5.41) is 0. The Morgan fingerprint density at radius 2 is 1.93 bits per heavy atom. The number of imidazole rings is 2. The molecule has 3 aromatic heterocycles. The SMILES string of the molecule is Cc1nc2c(N3CCC(n4c(=O)[nH]c5ccccc54)CC3)ncnc2n1C. The van der Waals surface area contributed by atoms with Gasteiger partial charge in [0.2, 0.25) is 0 Å². The Kier molecular flexibility index (Phi) is 3.53. The molecule has 0 amide bonds. The summed E-state index contributed by atoms with van der Waals surface area (Å²) in [6.45, 7) is 3.64. The van der Waals surface area contributed by atoms with Crippen LogP contribution in [0.2, 0.25) is 0 Å². The molecule has 138 valence electrons. The van der Waals surface area contributed by atoms with E-state index in [0.717, 1.165) is 59.8 Å². The Labute approximate surface area is 155 Å². The number of nitrogens with one attached hydrogen (secondary N) is 1. The first kappa shape index (κ1) is 16.0. The lowest BCUT2D eigenvalue weighted by molar-refractivity contribution is 0.395. The van der Waals surface area contributed by atoms with E-state index in [1.165, 1.54) is 0 Å². The van der Waals surface area contributed by atoms with Gasteiger partial charge in [-0.25, -0.2) is 19.7 Å². The molecule has 1 saturated heterocycles. The summed E-state index contributed by atoms with van der Waals surface area (Å²) in [6.07, 6.45) is 3.38. The molecular weight excluding hydrogens is 342 g/mol. The van der Waals surface area contributed by atoms with Crippen molar-refractivity contribution in [3.63, 3.8) is 0 Å². The molecule has 8 nitrogen and oxygen atoms in total. The maximum atomic E-state index is 12.5. The first-order valence-corrected chi connectivity index (χ1v) is 9.21. The fourth-order valence-corrected chi connectivity index (χ4v) is 4.10. The van der Waals surface area contributed by atoms with Gasteiger partial charge in [0.25, 0.3) is 0 Å². The van der Waals surface area contributed by atoms with Crippen molar-refractivity contribution in [1.29, 1.82) is 0 Å². The van der Waals surface area contributed by atoms with Gasteiger partial charge < -0.3 is 14.5 Å². The third-order valence-electron chi connectivity index (χ3n) is 5.61. The van der Waals surface area contributed by atoms with E-state index in [9.17, 15) is 4.79 Å². The zero-order chi connectivity index (χ0) is 18.5. The first-order valence-electron chi connectivity index (χ1n) is 9.21. The van der Waals surface area contributed by atoms with Gasteiger partial charge in [-0.1, -0.05) is 12.1 Å². The van der Waals surface area contributed by atoms with Gasteiger partial charge in [-0.15, -0.1) is 0 Å². The number of hydrogen-bond acceptors (Lipinski definition) is 5. The highest BCUT2D eigenvalue weighted by Crippen LogP contribution is 2.30. The number of para-hydroxylation sites is 2. The molecule has 0 aliphatic carbocycles. The largest absolute Gasteiger partial charge is 0.355 e. The molecule has 1 aliphatic heterocycles. The lowest BCUT2D eigenvalue weighted by Gasteiger charge is -2.33. The Hall–Kier alpha value is -3.16. The average Bonchev–Trinajstić information content (AvgIpc) is 3.18. The van der Waals surface area contributed by atoms with E-state index in [4.69, 9.17) is 0 Å². The molecule has 1 fully saturated rings.